The maximum Gasteiger partial charge on any atom is 0.410 e. The number of fused-ring (bicyclic) bond motifs is 6. The summed E-state index contributed by atoms with van der Waals surface area (Å²) in [7, 11) is 0. The number of aromatic amines is 2. The molecule has 9 nitrogen and oxygen atoms in total. The van der Waals surface area contributed by atoms with E-state index in [-0.39, 0.29) is 24.1 Å². The zero-order valence-corrected chi connectivity index (χ0v) is 18.8. The van der Waals surface area contributed by atoms with Gasteiger partial charge in [0.05, 0.1) is 29.3 Å². The fourth-order valence-electron chi connectivity index (χ4n) is 5.39. The number of hydrogen-bond acceptors (Lipinski definition) is 6. The number of hydrogen-bond donors (Lipinski definition) is 4. The highest BCUT2D eigenvalue weighted by atomic mass is 16.6. The molecule has 5 N–H and O–H groups in total. The molecule has 4 aromatic rings. The van der Waals surface area contributed by atoms with Crippen molar-refractivity contribution in [1.82, 2.24) is 25.3 Å². The molecule has 0 aliphatic carbocycles. The van der Waals surface area contributed by atoms with Crippen LogP contribution in [0, 0.1) is 5.92 Å². The summed E-state index contributed by atoms with van der Waals surface area (Å²) in [5.41, 5.74) is 10.6. The summed E-state index contributed by atoms with van der Waals surface area (Å²) in [5, 5.41) is 20.1. The quantitative estimate of drug-likeness (QED) is 0.342. The normalized spacial score (nSPS) is 22.3. The van der Waals surface area contributed by atoms with E-state index in [2.05, 4.69) is 43.9 Å². The molecule has 9 heteroatoms. The minimum absolute atomic E-state index is 0.0120. The lowest BCUT2D eigenvalue weighted by Crippen LogP contribution is -2.40. The molecule has 2 aliphatic heterocycles. The van der Waals surface area contributed by atoms with Gasteiger partial charge in [0.2, 0.25) is 0 Å². The number of benzene rings is 2. The minimum atomic E-state index is -0.560. The molecular formula is C24H27N7O2. The standard InChI is InChI=1S/C24H27N7O2/c1-24(2,3)33-23(32)31-9-8-13-20(12-4-5-16-14(10-12)22(25)30-29-16)27-18-7-6-17-15(11-26-28-17)19(18)21(13)31/h4-7,10-11,13,20-21,27H,8-9H2,1-3H3,(H,26,28)(H3,25,29,30)/t13-,20-,21-/m0/s1. The van der Waals surface area contributed by atoms with Crippen LogP contribution in [0.5, 0.6) is 0 Å². The Balaban J connectivity index is 1.48. The second kappa shape index (κ2) is 6.87. The molecule has 0 saturated carbocycles. The van der Waals surface area contributed by atoms with E-state index in [4.69, 9.17) is 10.5 Å². The molecule has 1 fully saturated rings. The average molecular weight is 446 g/mol. The van der Waals surface area contributed by atoms with Crippen LogP contribution in [0.15, 0.2) is 36.5 Å². The van der Waals surface area contributed by atoms with Crippen LogP contribution in [-0.2, 0) is 4.74 Å². The van der Waals surface area contributed by atoms with E-state index in [0.29, 0.717) is 12.4 Å². The lowest BCUT2D eigenvalue weighted by atomic mass is 9.79. The number of carbonyl (C=O) groups excluding carboxylic acids is 1. The van der Waals surface area contributed by atoms with Gasteiger partial charge in [-0.25, -0.2) is 4.79 Å². The zero-order valence-electron chi connectivity index (χ0n) is 18.8. The van der Waals surface area contributed by atoms with E-state index in [1.165, 1.54) is 0 Å². The number of ether oxygens (including phenoxy) is 1. The molecular weight excluding hydrogens is 418 g/mol. The number of likely N-dealkylation sites (tertiary alicyclic amines) is 1. The molecule has 6 rings (SSSR count). The Morgan fingerprint density at radius 2 is 1.94 bits per heavy atom. The number of nitrogens with zero attached hydrogens (tertiary/aromatic N) is 3. The topological polar surface area (TPSA) is 125 Å². The molecule has 4 heterocycles. The van der Waals surface area contributed by atoms with Crippen molar-refractivity contribution in [2.24, 2.45) is 5.92 Å². The van der Waals surface area contributed by atoms with Gasteiger partial charge in [-0.05, 0) is 57.0 Å². The van der Waals surface area contributed by atoms with Crippen LogP contribution in [0.3, 0.4) is 0 Å². The van der Waals surface area contributed by atoms with Gasteiger partial charge in [-0.1, -0.05) is 6.07 Å². The second-order valence-electron chi connectivity index (χ2n) is 9.97. The second-order valence-corrected chi connectivity index (χ2v) is 9.97. The van der Waals surface area contributed by atoms with Crippen LogP contribution in [0.1, 0.15) is 50.4 Å². The van der Waals surface area contributed by atoms with E-state index in [9.17, 15) is 4.79 Å². The van der Waals surface area contributed by atoms with Gasteiger partial charge in [-0.2, -0.15) is 10.2 Å². The average Bonchev–Trinajstić information content (AvgIpc) is 3.50. The largest absolute Gasteiger partial charge is 0.444 e. The third kappa shape index (κ3) is 3.10. The first kappa shape index (κ1) is 19.9. The molecule has 0 spiro atoms. The highest BCUT2D eigenvalue weighted by molar-refractivity contribution is 5.91. The first-order valence-corrected chi connectivity index (χ1v) is 11.3. The van der Waals surface area contributed by atoms with Gasteiger partial charge in [0.25, 0.3) is 0 Å². The van der Waals surface area contributed by atoms with E-state index in [1.54, 1.807) is 0 Å². The monoisotopic (exact) mass is 445 g/mol. The van der Waals surface area contributed by atoms with Crippen molar-refractivity contribution in [3.8, 4) is 0 Å². The maximum absolute atomic E-state index is 13.3. The number of nitrogens with one attached hydrogen (secondary N) is 3. The summed E-state index contributed by atoms with van der Waals surface area (Å²) < 4.78 is 5.80. The molecule has 1 amide bonds. The van der Waals surface area contributed by atoms with Crippen molar-refractivity contribution in [2.75, 3.05) is 17.6 Å². The molecule has 1 saturated heterocycles. The summed E-state index contributed by atoms with van der Waals surface area (Å²) in [4.78, 5) is 15.1. The third-order valence-electron chi connectivity index (χ3n) is 6.75. The lowest BCUT2D eigenvalue weighted by Gasteiger charge is -2.40. The van der Waals surface area contributed by atoms with E-state index >= 15 is 0 Å². The van der Waals surface area contributed by atoms with E-state index in [1.807, 2.05) is 44.0 Å². The van der Waals surface area contributed by atoms with Crippen LogP contribution in [0.25, 0.3) is 21.8 Å². The smallest absolute Gasteiger partial charge is 0.410 e. The molecule has 33 heavy (non-hydrogen) atoms. The molecule has 2 aromatic carbocycles. The zero-order chi connectivity index (χ0) is 22.9. The number of anilines is 2. The number of nitrogens with two attached hydrogens (primary N) is 1. The molecule has 0 radical (unpaired) electrons. The summed E-state index contributed by atoms with van der Waals surface area (Å²) >= 11 is 0. The summed E-state index contributed by atoms with van der Waals surface area (Å²) in [6.45, 7) is 6.33. The van der Waals surface area contributed by atoms with Crippen LogP contribution >= 0.6 is 0 Å². The predicted molar refractivity (Wildman–Crippen MR) is 127 cm³/mol. The number of aromatic nitrogens is 4. The van der Waals surface area contributed by atoms with Gasteiger partial charge in [-0.15, -0.1) is 0 Å². The molecule has 3 atom stereocenters. The lowest BCUT2D eigenvalue weighted by molar-refractivity contribution is 0.0199. The third-order valence-corrected chi connectivity index (χ3v) is 6.75. The van der Waals surface area contributed by atoms with Gasteiger partial charge in [-0.3, -0.25) is 10.2 Å². The predicted octanol–water partition coefficient (Wildman–Crippen LogP) is 4.49. The SMILES string of the molecule is CC(C)(C)OC(=O)N1CC[C@@H]2[C@H]1c1c(ccc3[nH]ncc13)N[C@H]2c1ccc2[nH]nc(N)c2c1. The maximum atomic E-state index is 13.3. The first-order chi connectivity index (χ1) is 15.8. The van der Waals surface area contributed by atoms with Crippen molar-refractivity contribution in [1.29, 1.82) is 0 Å². The number of rotatable bonds is 1. The summed E-state index contributed by atoms with van der Waals surface area (Å²) in [6, 6.07) is 10.2. The van der Waals surface area contributed by atoms with Gasteiger partial charge in [0.1, 0.15) is 5.60 Å². The molecule has 0 unspecified atom stereocenters. The van der Waals surface area contributed by atoms with Crippen LogP contribution in [0.2, 0.25) is 0 Å². The Morgan fingerprint density at radius 1 is 1.15 bits per heavy atom. The van der Waals surface area contributed by atoms with Crippen LogP contribution in [0.4, 0.5) is 16.3 Å². The Kier molecular flexibility index (Phi) is 4.14. The molecule has 170 valence electrons. The molecule has 2 aromatic heterocycles. The van der Waals surface area contributed by atoms with E-state index in [0.717, 1.165) is 45.0 Å². The fraction of sp³-hybridized carbons (Fsp3) is 0.375. The van der Waals surface area contributed by atoms with Gasteiger partial charge >= 0.3 is 6.09 Å². The van der Waals surface area contributed by atoms with Crippen LogP contribution < -0.4 is 11.1 Å². The van der Waals surface area contributed by atoms with Gasteiger partial charge < -0.3 is 20.7 Å². The number of H-pyrrole nitrogens is 2. The highest BCUT2D eigenvalue weighted by Gasteiger charge is 2.48. The summed E-state index contributed by atoms with van der Waals surface area (Å²) in [6.07, 6.45) is 2.42. The molecule has 2 aliphatic rings. The Bertz CT molecular complexity index is 1380. The van der Waals surface area contributed by atoms with Crippen molar-refractivity contribution in [3.05, 3.63) is 47.7 Å². The highest BCUT2D eigenvalue weighted by Crippen LogP contribution is 2.53. The van der Waals surface area contributed by atoms with Crippen LogP contribution in [-0.4, -0.2) is 43.5 Å². The van der Waals surface area contributed by atoms with Crippen molar-refractivity contribution >= 4 is 39.4 Å². The first-order valence-electron chi connectivity index (χ1n) is 11.3. The Hall–Kier alpha value is -3.75. The van der Waals surface area contributed by atoms with Gasteiger partial charge in [0, 0.05) is 34.5 Å². The van der Waals surface area contributed by atoms with E-state index < -0.39 is 5.60 Å². The van der Waals surface area contributed by atoms with Gasteiger partial charge in [0.15, 0.2) is 5.82 Å². The summed E-state index contributed by atoms with van der Waals surface area (Å²) in [5.74, 6) is 0.651. The fourth-order valence-corrected chi connectivity index (χ4v) is 5.39. The molecule has 0 bridgehead atoms. The van der Waals surface area contributed by atoms with Crippen molar-refractivity contribution < 1.29 is 9.53 Å². The minimum Gasteiger partial charge on any atom is -0.444 e. The number of carbonyl (C=O) groups is 1. The Morgan fingerprint density at radius 3 is 2.76 bits per heavy atom. The van der Waals surface area contributed by atoms with Crippen molar-refractivity contribution in [2.45, 2.75) is 44.9 Å². The number of amides is 1. The Labute approximate surface area is 190 Å². The van der Waals surface area contributed by atoms with Crippen molar-refractivity contribution in [3.63, 3.8) is 0 Å². The number of nitrogen functional groups attached to an aromatic ring is 1.